The lowest BCUT2D eigenvalue weighted by atomic mass is 10.3. The van der Waals surface area contributed by atoms with E-state index in [-0.39, 0.29) is 11.1 Å². The van der Waals surface area contributed by atoms with E-state index >= 15 is 0 Å². The average Bonchev–Trinajstić information content (AvgIpc) is 2.90. The summed E-state index contributed by atoms with van der Waals surface area (Å²) in [5, 5.41) is 9.73. The van der Waals surface area contributed by atoms with Gasteiger partial charge >= 0.3 is 0 Å². The predicted octanol–water partition coefficient (Wildman–Crippen LogP) is 0.348. The summed E-state index contributed by atoms with van der Waals surface area (Å²) in [5.74, 6) is 0. The summed E-state index contributed by atoms with van der Waals surface area (Å²) in [7, 11) is -3.44. The van der Waals surface area contributed by atoms with E-state index < -0.39 is 10.0 Å². The molecule has 1 aromatic heterocycles. The lowest BCUT2D eigenvalue weighted by molar-refractivity contribution is 0.564. The zero-order chi connectivity index (χ0) is 12.5. The van der Waals surface area contributed by atoms with Gasteiger partial charge in [-0.15, -0.1) is 0 Å². The van der Waals surface area contributed by atoms with Crippen molar-refractivity contribution in [2.45, 2.75) is 50.3 Å². The number of hydrogen-bond donors (Lipinski definition) is 3. The molecule has 1 aliphatic carbocycles. The fourth-order valence-corrected chi connectivity index (χ4v) is 2.89. The van der Waals surface area contributed by atoms with Crippen molar-refractivity contribution < 1.29 is 8.42 Å². The second-order valence-electron chi connectivity index (χ2n) is 4.66. The first-order valence-corrected chi connectivity index (χ1v) is 7.25. The van der Waals surface area contributed by atoms with Crippen molar-refractivity contribution in [1.29, 1.82) is 0 Å². The zero-order valence-electron chi connectivity index (χ0n) is 10.0. The summed E-state index contributed by atoms with van der Waals surface area (Å²) >= 11 is 0. The average molecular weight is 258 g/mol. The second-order valence-corrected chi connectivity index (χ2v) is 6.31. The number of aromatic nitrogens is 2. The van der Waals surface area contributed by atoms with Crippen LogP contribution in [0, 0.1) is 0 Å². The number of rotatable bonds is 6. The molecule has 0 saturated heterocycles. The van der Waals surface area contributed by atoms with Gasteiger partial charge in [-0.2, -0.15) is 5.10 Å². The fourth-order valence-electron chi connectivity index (χ4n) is 1.45. The molecule has 0 amide bonds. The molecule has 0 radical (unpaired) electrons. The number of H-pyrrole nitrogens is 1. The molecule has 1 aromatic rings. The maximum atomic E-state index is 12.0. The van der Waals surface area contributed by atoms with Gasteiger partial charge in [0.15, 0.2) is 5.03 Å². The molecule has 1 aliphatic rings. The maximum absolute atomic E-state index is 12.0. The topological polar surface area (TPSA) is 86.9 Å². The van der Waals surface area contributed by atoms with E-state index in [4.69, 9.17) is 0 Å². The highest BCUT2D eigenvalue weighted by molar-refractivity contribution is 7.89. The van der Waals surface area contributed by atoms with Gasteiger partial charge in [-0.05, 0) is 12.8 Å². The van der Waals surface area contributed by atoms with Gasteiger partial charge in [-0.3, -0.25) is 5.10 Å². The molecule has 0 bridgehead atoms. The van der Waals surface area contributed by atoms with Crippen LogP contribution in [0.15, 0.2) is 11.2 Å². The molecule has 17 heavy (non-hydrogen) atoms. The van der Waals surface area contributed by atoms with E-state index in [1.807, 2.05) is 13.8 Å². The van der Waals surface area contributed by atoms with Crippen LogP contribution in [0.3, 0.4) is 0 Å². The first-order valence-electron chi connectivity index (χ1n) is 5.77. The number of sulfonamides is 1. The Morgan fingerprint density at radius 3 is 2.82 bits per heavy atom. The molecule has 1 saturated carbocycles. The van der Waals surface area contributed by atoms with Crippen molar-refractivity contribution in [2.24, 2.45) is 0 Å². The number of hydrogen-bond acceptors (Lipinski definition) is 4. The maximum Gasteiger partial charge on any atom is 0.258 e. The third-order valence-corrected chi connectivity index (χ3v) is 4.08. The largest absolute Gasteiger partial charge is 0.310 e. The summed E-state index contributed by atoms with van der Waals surface area (Å²) in [6.45, 7) is 4.52. The van der Waals surface area contributed by atoms with E-state index in [0.29, 0.717) is 18.2 Å². The van der Waals surface area contributed by atoms with Crippen molar-refractivity contribution in [1.82, 2.24) is 20.2 Å². The van der Waals surface area contributed by atoms with Gasteiger partial charge in [-0.25, -0.2) is 13.1 Å². The highest BCUT2D eigenvalue weighted by Gasteiger charge is 2.30. The van der Waals surface area contributed by atoms with Crippen LogP contribution in [-0.2, 0) is 16.6 Å². The lowest BCUT2D eigenvalue weighted by Gasteiger charge is -2.09. The highest BCUT2D eigenvalue weighted by Crippen LogP contribution is 2.22. The molecule has 3 N–H and O–H groups in total. The van der Waals surface area contributed by atoms with Gasteiger partial charge in [0.2, 0.25) is 0 Å². The Bertz CT molecular complexity index is 476. The molecule has 0 atom stereocenters. The summed E-state index contributed by atoms with van der Waals surface area (Å²) in [6, 6.07) is 0.408. The Balaban J connectivity index is 2.11. The van der Waals surface area contributed by atoms with Gasteiger partial charge in [0.05, 0.1) is 6.20 Å². The summed E-state index contributed by atoms with van der Waals surface area (Å²) < 4.78 is 26.6. The van der Waals surface area contributed by atoms with Crippen molar-refractivity contribution in [2.75, 3.05) is 0 Å². The van der Waals surface area contributed by atoms with E-state index in [1.165, 1.54) is 0 Å². The third-order valence-electron chi connectivity index (χ3n) is 2.55. The first-order chi connectivity index (χ1) is 7.99. The Morgan fingerprint density at radius 2 is 2.24 bits per heavy atom. The molecule has 0 aliphatic heterocycles. The Kier molecular flexibility index (Phi) is 3.50. The van der Waals surface area contributed by atoms with Crippen LogP contribution in [0.4, 0.5) is 0 Å². The quantitative estimate of drug-likeness (QED) is 0.687. The molecule has 2 rings (SSSR count). The van der Waals surface area contributed by atoms with Gasteiger partial charge < -0.3 is 5.32 Å². The summed E-state index contributed by atoms with van der Waals surface area (Å²) in [4.78, 5) is 0. The molecule has 0 spiro atoms. The number of nitrogens with one attached hydrogen (secondary N) is 3. The minimum absolute atomic E-state index is 0.106. The standard InChI is InChI=1S/C10H18N4O2S/c1-7(2)11-5-8-6-12-13-10(8)17(15,16)14-9-3-4-9/h6-7,9,11,14H,3-5H2,1-2H3,(H,12,13). The van der Waals surface area contributed by atoms with Crippen LogP contribution >= 0.6 is 0 Å². The smallest absolute Gasteiger partial charge is 0.258 e. The molecular weight excluding hydrogens is 240 g/mol. The third kappa shape index (κ3) is 3.27. The molecule has 1 fully saturated rings. The minimum Gasteiger partial charge on any atom is -0.310 e. The zero-order valence-corrected chi connectivity index (χ0v) is 10.8. The van der Waals surface area contributed by atoms with Crippen molar-refractivity contribution in [3.63, 3.8) is 0 Å². The van der Waals surface area contributed by atoms with Crippen LogP contribution in [0.1, 0.15) is 32.3 Å². The molecule has 0 unspecified atom stereocenters. The van der Waals surface area contributed by atoms with E-state index in [2.05, 4.69) is 20.2 Å². The Morgan fingerprint density at radius 1 is 1.53 bits per heavy atom. The molecule has 1 heterocycles. The van der Waals surface area contributed by atoms with Crippen LogP contribution in [0.5, 0.6) is 0 Å². The van der Waals surface area contributed by atoms with Crippen molar-refractivity contribution >= 4 is 10.0 Å². The van der Waals surface area contributed by atoms with Gasteiger partial charge in [0.25, 0.3) is 10.0 Å². The molecular formula is C10H18N4O2S. The summed E-state index contributed by atoms with van der Waals surface area (Å²) in [6.07, 6.45) is 3.40. The van der Waals surface area contributed by atoms with E-state index in [0.717, 1.165) is 12.8 Å². The Labute approximate surface area is 101 Å². The monoisotopic (exact) mass is 258 g/mol. The number of aromatic amines is 1. The van der Waals surface area contributed by atoms with Crippen LogP contribution in [-0.4, -0.2) is 30.7 Å². The van der Waals surface area contributed by atoms with Gasteiger partial charge in [0, 0.05) is 24.2 Å². The molecule has 6 nitrogen and oxygen atoms in total. The fraction of sp³-hybridized carbons (Fsp3) is 0.700. The van der Waals surface area contributed by atoms with Gasteiger partial charge in [-0.1, -0.05) is 13.8 Å². The summed E-state index contributed by atoms with van der Waals surface area (Å²) in [5.41, 5.74) is 0.673. The lowest BCUT2D eigenvalue weighted by Crippen LogP contribution is -2.28. The van der Waals surface area contributed by atoms with E-state index in [9.17, 15) is 8.42 Å². The van der Waals surface area contributed by atoms with Crippen LogP contribution < -0.4 is 10.0 Å². The van der Waals surface area contributed by atoms with Crippen molar-refractivity contribution in [3.05, 3.63) is 11.8 Å². The predicted molar refractivity (Wildman–Crippen MR) is 63.9 cm³/mol. The molecule has 0 aromatic carbocycles. The van der Waals surface area contributed by atoms with Gasteiger partial charge in [0.1, 0.15) is 0 Å². The van der Waals surface area contributed by atoms with Crippen LogP contribution in [0.25, 0.3) is 0 Å². The normalized spacial score (nSPS) is 16.6. The second kappa shape index (κ2) is 4.75. The minimum atomic E-state index is -3.44. The first kappa shape index (κ1) is 12.5. The van der Waals surface area contributed by atoms with Crippen LogP contribution in [0.2, 0.25) is 0 Å². The Hall–Kier alpha value is -0.920. The molecule has 96 valence electrons. The van der Waals surface area contributed by atoms with Crippen molar-refractivity contribution in [3.8, 4) is 0 Å². The number of nitrogens with zero attached hydrogens (tertiary/aromatic N) is 1. The highest BCUT2D eigenvalue weighted by atomic mass is 32.2. The molecule has 7 heteroatoms. The van der Waals surface area contributed by atoms with E-state index in [1.54, 1.807) is 6.20 Å². The SMILES string of the molecule is CC(C)NCc1cn[nH]c1S(=O)(=O)NC1CC1.